The summed E-state index contributed by atoms with van der Waals surface area (Å²) in [5.74, 6) is -0.124. The van der Waals surface area contributed by atoms with Gasteiger partial charge in [0.2, 0.25) is 0 Å². The number of rotatable bonds is 1. The quantitative estimate of drug-likeness (QED) is 0.602. The van der Waals surface area contributed by atoms with Gasteiger partial charge in [0.15, 0.2) is 0 Å². The molecule has 3 heteroatoms. The van der Waals surface area contributed by atoms with Crippen molar-refractivity contribution in [1.29, 1.82) is 0 Å². The molecule has 0 aromatic rings. The molecule has 0 unspecified atom stereocenters. The predicted molar refractivity (Wildman–Crippen MR) is 44.6 cm³/mol. The number of carbonyl (C=O) groups excluding carboxylic acids is 1. The van der Waals surface area contributed by atoms with Crippen molar-refractivity contribution in [3.8, 4) is 0 Å². The van der Waals surface area contributed by atoms with E-state index in [-0.39, 0.29) is 11.9 Å². The maximum absolute atomic E-state index is 11.1. The molecule has 1 aliphatic rings. The topological polar surface area (TPSA) is 46.5 Å². The van der Waals surface area contributed by atoms with E-state index in [1.54, 1.807) is 0 Å². The lowest BCUT2D eigenvalue weighted by Gasteiger charge is -2.31. The zero-order chi connectivity index (χ0) is 9.19. The van der Waals surface area contributed by atoms with Crippen molar-refractivity contribution >= 4 is 5.97 Å². The van der Waals surface area contributed by atoms with E-state index in [4.69, 9.17) is 0 Å². The second-order valence-electron chi connectivity index (χ2n) is 3.79. The van der Waals surface area contributed by atoms with E-state index in [2.05, 4.69) is 4.74 Å². The van der Waals surface area contributed by atoms with Crippen molar-refractivity contribution in [2.45, 2.75) is 38.2 Å². The minimum Gasteiger partial charge on any atom is -0.469 e. The molecule has 3 nitrogen and oxygen atoms in total. The van der Waals surface area contributed by atoms with Gasteiger partial charge in [-0.25, -0.2) is 0 Å². The van der Waals surface area contributed by atoms with Gasteiger partial charge >= 0.3 is 5.97 Å². The summed E-state index contributed by atoms with van der Waals surface area (Å²) in [7, 11) is 1.41. The highest BCUT2D eigenvalue weighted by atomic mass is 16.5. The molecule has 1 saturated carbocycles. The first-order chi connectivity index (χ1) is 5.55. The summed E-state index contributed by atoms with van der Waals surface area (Å²) < 4.78 is 4.64. The van der Waals surface area contributed by atoms with Crippen LogP contribution in [0.1, 0.15) is 32.6 Å². The Bertz CT molecular complexity index is 165. The maximum Gasteiger partial charge on any atom is 0.308 e. The van der Waals surface area contributed by atoms with E-state index in [1.807, 2.05) is 6.92 Å². The summed E-state index contributed by atoms with van der Waals surface area (Å²) in [5.41, 5.74) is -0.565. The average Bonchev–Trinajstić information content (AvgIpc) is 2.03. The molecule has 0 aliphatic heterocycles. The second kappa shape index (κ2) is 3.44. The Kier molecular flexibility index (Phi) is 2.73. The highest BCUT2D eigenvalue weighted by Gasteiger charge is 2.32. The van der Waals surface area contributed by atoms with Crippen LogP contribution in [0, 0.1) is 5.92 Å². The van der Waals surface area contributed by atoms with Crippen molar-refractivity contribution in [3.05, 3.63) is 0 Å². The minimum absolute atomic E-state index is 0.00947. The van der Waals surface area contributed by atoms with Crippen LogP contribution in [-0.2, 0) is 9.53 Å². The van der Waals surface area contributed by atoms with E-state index in [0.717, 1.165) is 12.8 Å². The Morgan fingerprint density at radius 3 is 2.42 bits per heavy atom. The summed E-state index contributed by atoms with van der Waals surface area (Å²) in [6.45, 7) is 1.82. The third-order valence-electron chi connectivity index (χ3n) is 2.60. The van der Waals surface area contributed by atoms with Crippen LogP contribution in [0.15, 0.2) is 0 Å². The Morgan fingerprint density at radius 1 is 1.50 bits per heavy atom. The summed E-state index contributed by atoms with van der Waals surface area (Å²) in [5, 5.41) is 9.59. The summed E-state index contributed by atoms with van der Waals surface area (Å²) in [6.07, 6.45) is 2.90. The Labute approximate surface area is 72.7 Å². The van der Waals surface area contributed by atoms with Crippen LogP contribution >= 0.6 is 0 Å². The molecule has 0 aromatic heterocycles. The van der Waals surface area contributed by atoms with Crippen LogP contribution in [0.25, 0.3) is 0 Å². The molecule has 0 bridgehead atoms. The number of carbonyl (C=O) groups is 1. The van der Waals surface area contributed by atoms with Gasteiger partial charge in [0, 0.05) is 0 Å². The molecule has 0 aromatic carbocycles. The molecule has 1 aliphatic carbocycles. The van der Waals surface area contributed by atoms with E-state index >= 15 is 0 Å². The van der Waals surface area contributed by atoms with E-state index in [1.165, 1.54) is 7.11 Å². The molecule has 0 spiro atoms. The lowest BCUT2D eigenvalue weighted by Crippen LogP contribution is -2.33. The fraction of sp³-hybridized carbons (Fsp3) is 0.889. The first-order valence-corrected chi connectivity index (χ1v) is 4.35. The number of hydrogen-bond acceptors (Lipinski definition) is 3. The average molecular weight is 172 g/mol. The molecule has 0 saturated heterocycles. The highest BCUT2D eigenvalue weighted by Crippen LogP contribution is 2.31. The second-order valence-corrected chi connectivity index (χ2v) is 3.79. The van der Waals surface area contributed by atoms with Crippen molar-refractivity contribution in [1.82, 2.24) is 0 Å². The van der Waals surface area contributed by atoms with Gasteiger partial charge in [0.25, 0.3) is 0 Å². The Morgan fingerprint density at radius 2 is 2.00 bits per heavy atom. The number of hydrogen-bond donors (Lipinski definition) is 1. The largest absolute Gasteiger partial charge is 0.469 e. The van der Waals surface area contributed by atoms with Gasteiger partial charge in [0.1, 0.15) is 0 Å². The third kappa shape index (κ3) is 2.21. The van der Waals surface area contributed by atoms with Crippen molar-refractivity contribution < 1.29 is 14.6 Å². The van der Waals surface area contributed by atoms with Crippen LogP contribution in [-0.4, -0.2) is 23.8 Å². The first-order valence-electron chi connectivity index (χ1n) is 4.35. The maximum atomic E-state index is 11.1. The molecule has 0 atom stereocenters. The van der Waals surface area contributed by atoms with Crippen LogP contribution in [0.4, 0.5) is 0 Å². The number of methoxy groups -OCH3 is 1. The SMILES string of the molecule is COC(=O)C1CCC(C)(O)CC1. The molecule has 1 rings (SSSR count). The molecular formula is C9H16O3. The van der Waals surface area contributed by atoms with Crippen LogP contribution in [0.5, 0.6) is 0 Å². The minimum atomic E-state index is -0.565. The predicted octanol–water partition coefficient (Wildman–Crippen LogP) is 1.10. The van der Waals surface area contributed by atoms with Crippen molar-refractivity contribution in [2.24, 2.45) is 5.92 Å². The molecule has 0 amide bonds. The zero-order valence-corrected chi connectivity index (χ0v) is 7.67. The van der Waals surface area contributed by atoms with E-state index in [0.29, 0.717) is 12.8 Å². The van der Waals surface area contributed by atoms with Crippen molar-refractivity contribution in [3.63, 3.8) is 0 Å². The van der Waals surface area contributed by atoms with Crippen molar-refractivity contribution in [2.75, 3.05) is 7.11 Å². The molecule has 12 heavy (non-hydrogen) atoms. The fourth-order valence-electron chi connectivity index (χ4n) is 1.64. The smallest absolute Gasteiger partial charge is 0.308 e. The van der Waals surface area contributed by atoms with Gasteiger partial charge in [-0.15, -0.1) is 0 Å². The van der Waals surface area contributed by atoms with Crippen LogP contribution in [0.3, 0.4) is 0 Å². The molecule has 1 fully saturated rings. The van der Waals surface area contributed by atoms with E-state index in [9.17, 15) is 9.90 Å². The van der Waals surface area contributed by atoms with Gasteiger partial charge in [0.05, 0.1) is 18.6 Å². The zero-order valence-electron chi connectivity index (χ0n) is 7.67. The summed E-state index contributed by atoms with van der Waals surface area (Å²) >= 11 is 0. The highest BCUT2D eigenvalue weighted by molar-refractivity contribution is 5.72. The summed E-state index contributed by atoms with van der Waals surface area (Å²) in [6, 6.07) is 0. The lowest BCUT2D eigenvalue weighted by molar-refractivity contribution is -0.148. The van der Waals surface area contributed by atoms with Gasteiger partial charge in [-0.05, 0) is 32.6 Å². The van der Waals surface area contributed by atoms with Gasteiger partial charge in [-0.3, -0.25) is 4.79 Å². The van der Waals surface area contributed by atoms with Gasteiger partial charge < -0.3 is 9.84 Å². The standard InChI is InChI=1S/C9H16O3/c1-9(11)5-3-7(4-6-9)8(10)12-2/h7,11H,3-6H2,1-2H3. The molecule has 0 heterocycles. The molecule has 70 valence electrons. The molecule has 0 radical (unpaired) electrons. The lowest BCUT2D eigenvalue weighted by atomic mass is 9.80. The number of esters is 1. The molecule has 1 N–H and O–H groups in total. The van der Waals surface area contributed by atoms with Crippen LogP contribution < -0.4 is 0 Å². The Hall–Kier alpha value is -0.570. The number of ether oxygens (including phenoxy) is 1. The third-order valence-corrected chi connectivity index (χ3v) is 2.60. The van der Waals surface area contributed by atoms with Gasteiger partial charge in [-0.1, -0.05) is 0 Å². The normalized spacial score (nSPS) is 36.1. The van der Waals surface area contributed by atoms with E-state index < -0.39 is 5.60 Å². The first kappa shape index (κ1) is 9.52. The fourth-order valence-corrected chi connectivity index (χ4v) is 1.64. The van der Waals surface area contributed by atoms with Crippen LogP contribution in [0.2, 0.25) is 0 Å². The number of aliphatic hydroxyl groups is 1. The summed E-state index contributed by atoms with van der Waals surface area (Å²) in [4.78, 5) is 11.1. The molecular weight excluding hydrogens is 156 g/mol. The monoisotopic (exact) mass is 172 g/mol. The van der Waals surface area contributed by atoms with Gasteiger partial charge in [-0.2, -0.15) is 0 Å². The Balaban J connectivity index is 2.41.